The van der Waals surface area contributed by atoms with Crippen LogP contribution < -0.4 is 5.32 Å². The first-order valence-electron chi connectivity index (χ1n) is 11.0. The molecule has 5 rings (SSSR count). The molecule has 0 aliphatic carbocycles. The van der Waals surface area contributed by atoms with Crippen LogP contribution in [0, 0.1) is 0 Å². The summed E-state index contributed by atoms with van der Waals surface area (Å²) in [6.45, 7) is 3.80. The number of amides is 1. The van der Waals surface area contributed by atoms with Gasteiger partial charge in [0, 0.05) is 4.75 Å². The van der Waals surface area contributed by atoms with Gasteiger partial charge in [-0.3, -0.25) is 10.1 Å². The summed E-state index contributed by atoms with van der Waals surface area (Å²) >= 11 is 1.55. The van der Waals surface area contributed by atoms with Crippen molar-refractivity contribution in [1.82, 2.24) is 10.2 Å². The number of fused-ring (bicyclic) bond motifs is 1. The summed E-state index contributed by atoms with van der Waals surface area (Å²) in [7, 11) is 0. The average Bonchev–Trinajstić information content (AvgIpc) is 3.09. The Morgan fingerprint density at radius 3 is 1.70 bits per heavy atom. The zero-order valence-electron chi connectivity index (χ0n) is 18.5. The van der Waals surface area contributed by atoms with Gasteiger partial charge in [-0.15, -0.1) is 11.8 Å². The Kier molecular flexibility index (Phi) is 5.30. The Morgan fingerprint density at radius 1 is 0.879 bits per heavy atom. The van der Waals surface area contributed by atoms with E-state index in [2.05, 4.69) is 41.7 Å². The standard InChI is InChI=1S/C27H26N2O3S/c1-26(2)22(25(31)32)29-23(30)21(24(29)33-26)28-27(18-12-6-3-7-13-18,19-14-8-4-9-15-19)20-16-10-5-11-17-20/h3-17,21-22,24,28H,1-2H3,(H,31,32)/t21?,22?,24-/m0/s1. The second-order valence-corrected chi connectivity index (χ2v) is 10.8. The van der Waals surface area contributed by atoms with Gasteiger partial charge in [0.05, 0.1) is 5.54 Å². The molecule has 3 aromatic rings. The number of carbonyl (C=O) groups is 2. The van der Waals surface area contributed by atoms with Crippen molar-refractivity contribution in [2.24, 2.45) is 0 Å². The zero-order valence-corrected chi connectivity index (χ0v) is 19.3. The maximum absolute atomic E-state index is 13.4. The third kappa shape index (κ3) is 3.36. The smallest absolute Gasteiger partial charge is 0.327 e. The summed E-state index contributed by atoms with van der Waals surface area (Å²) in [5, 5.41) is 13.3. The van der Waals surface area contributed by atoms with Crippen molar-refractivity contribution in [1.29, 1.82) is 0 Å². The van der Waals surface area contributed by atoms with E-state index in [1.165, 1.54) is 4.90 Å². The zero-order chi connectivity index (χ0) is 23.2. The highest BCUT2D eigenvalue weighted by atomic mass is 32.2. The minimum absolute atomic E-state index is 0.169. The Hall–Kier alpha value is -3.09. The summed E-state index contributed by atoms with van der Waals surface area (Å²) in [5.74, 6) is -1.13. The minimum atomic E-state index is -0.956. The second kappa shape index (κ2) is 8.04. The van der Waals surface area contributed by atoms with Crippen LogP contribution in [-0.2, 0) is 15.1 Å². The normalized spacial score (nSPS) is 23.6. The highest BCUT2D eigenvalue weighted by Crippen LogP contribution is 2.52. The molecule has 2 unspecified atom stereocenters. The monoisotopic (exact) mass is 458 g/mol. The quantitative estimate of drug-likeness (QED) is 0.430. The maximum Gasteiger partial charge on any atom is 0.327 e. The van der Waals surface area contributed by atoms with Gasteiger partial charge in [0.25, 0.3) is 0 Å². The summed E-state index contributed by atoms with van der Waals surface area (Å²) in [6.07, 6.45) is 0. The van der Waals surface area contributed by atoms with Gasteiger partial charge < -0.3 is 10.0 Å². The number of nitrogens with one attached hydrogen (secondary N) is 1. The molecule has 2 N–H and O–H groups in total. The van der Waals surface area contributed by atoms with Crippen LogP contribution in [0.15, 0.2) is 91.0 Å². The summed E-state index contributed by atoms with van der Waals surface area (Å²) in [5.41, 5.74) is 2.28. The lowest BCUT2D eigenvalue weighted by atomic mass is 9.76. The van der Waals surface area contributed by atoms with Crippen molar-refractivity contribution in [3.63, 3.8) is 0 Å². The molecular weight excluding hydrogens is 432 g/mol. The summed E-state index contributed by atoms with van der Waals surface area (Å²) in [4.78, 5) is 26.9. The molecule has 2 aliphatic heterocycles. The molecule has 168 valence electrons. The summed E-state index contributed by atoms with van der Waals surface area (Å²) in [6, 6.07) is 29.0. The van der Waals surface area contributed by atoms with Crippen molar-refractivity contribution in [3.8, 4) is 0 Å². The average molecular weight is 459 g/mol. The lowest BCUT2D eigenvalue weighted by Gasteiger charge is -2.49. The highest BCUT2D eigenvalue weighted by Gasteiger charge is 2.65. The number of carboxylic acids is 1. The van der Waals surface area contributed by atoms with Crippen molar-refractivity contribution in [2.45, 2.75) is 41.6 Å². The number of carboxylic acid groups (broad SMARTS) is 1. The molecule has 6 heteroatoms. The SMILES string of the molecule is CC1(C)S[C@H]2C(NC(c3ccccc3)(c3ccccc3)c3ccccc3)C(=O)N2C1C(=O)O. The van der Waals surface area contributed by atoms with E-state index in [0.717, 1.165) is 16.7 Å². The van der Waals surface area contributed by atoms with Crippen molar-refractivity contribution >= 4 is 23.6 Å². The van der Waals surface area contributed by atoms with E-state index in [9.17, 15) is 14.7 Å². The predicted molar refractivity (Wildman–Crippen MR) is 130 cm³/mol. The van der Waals surface area contributed by atoms with Gasteiger partial charge >= 0.3 is 5.97 Å². The molecule has 2 heterocycles. The lowest BCUT2D eigenvalue weighted by molar-refractivity contribution is -0.160. The van der Waals surface area contributed by atoms with Gasteiger partial charge in [-0.05, 0) is 30.5 Å². The van der Waals surface area contributed by atoms with Gasteiger partial charge in [-0.25, -0.2) is 4.79 Å². The third-order valence-corrected chi connectivity index (χ3v) is 8.24. The molecule has 5 nitrogen and oxygen atoms in total. The van der Waals surface area contributed by atoms with Crippen LogP contribution in [0.5, 0.6) is 0 Å². The minimum Gasteiger partial charge on any atom is -0.480 e. The number of thioether (sulfide) groups is 1. The van der Waals surface area contributed by atoms with Gasteiger partial charge in [0.2, 0.25) is 5.91 Å². The number of β-lactam (4-membered cyclic amide) rings is 1. The molecule has 0 saturated carbocycles. The Labute approximate surface area is 197 Å². The number of aliphatic carboxylic acids is 1. The molecule has 0 aromatic heterocycles. The van der Waals surface area contributed by atoms with E-state index in [-0.39, 0.29) is 11.3 Å². The maximum atomic E-state index is 13.4. The number of hydrogen-bond donors (Lipinski definition) is 2. The van der Waals surface area contributed by atoms with Crippen molar-refractivity contribution < 1.29 is 14.7 Å². The van der Waals surface area contributed by atoms with Crippen LogP contribution >= 0.6 is 11.8 Å². The molecule has 0 radical (unpaired) electrons. The van der Waals surface area contributed by atoms with E-state index in [1.54, 1.807) is 11.8 Å². The first-order chi connectivity index (χ1) is 15.9. The predicted octanol–water partition coefficient (Wildman–Crippen LogP) is 4.08. The van der Waals surface area contributed by atoms with Gasteiger partial charge in [0.15, 0.2) is 0 Å². The van der Waals surface area contributed by atoms with Gasteiger partial charge in [-0.2, -0.15) is 0 Å². The van der Waals surface area contributed by atoms with Crippen LogP contribution in [-0.4, -0.2) is 44.1 Å². The fourth-order valence-corrected chi connectivity index (χ4v) is 6.82. The molecular formula is C27H26N2O3S. The number of carbonyl (C=O) groups excluding carboxylic acids is 1. The highest BCUT2D eigenvalue weighted by molar-refractivity contribution is 8.01. The number of rotatable bonds is 6. The molecule has 3 atom stereocenters. The largest absolute Gasteiger partial charge is 0.480 e. The molecule has 1 amide bonds. The van der Waals surface area contributed by atoms with E-state index < -0.39 is 28.3 Å². The van der Waals surface area contributed by atoms with Crippen LogP contribution in [0.4, 0.5) is 0 Å². The number of benzene rings is 3. The van der Waals surface area contributed by atoms with E-state index in [0.29, 0.717) is 0 Å². The second-order valence-electron chi connectivity index (χ2n) is 9.07. The van der Waals surface area contributed by atoms with E-state index in [4.69, 9.17) is 0 Å². The summed E-state index contributed by atoms with van der Waals surface area (Å²) < 4.78 is -0.572. The first kappa shape index (κ1) is 21.7. The number of nitrogens with zero attached hydrogens (tertiary/aromatic N) is 1. The van der Waals surface area contributed by atoms with Crippen LogP contribution in [0.1, 0.15) is 30.5 Å². The van der Waals surface area contributed by atoms with E-state index >= 15 is 0 Å². The Morgan fingerprint density at radius 2 is 1.30 bits per heavy atom. The first-order valence-corrected chi connectivity index (χ1v) is 11.9. The van der Waals surface area contributed by atoms with Crippen LogP contribution in [0.3, 0.4) is 0 Å². The molecule has 2 fully saturated rings. The number of hydrogen-bond acceptors (Lipinski definition) is 4. The Bertz CT molecular complexity index is 1070. The fourth-order valence-electron chi connectivity index (χ4n) is 5.19. The molecule has 0 spiro atoms. The topological polar surface area (TPSA) is 69.6 Å². The lowest BCUT2D eigenvalue weighted by Crippen LogP contribution is -2.72. The fraction of sp³-hybridized carbons (Fsp3) is 0.259. The molecule has 33 heavy (non-hydrogen) atoms. The Balaban J connectivity index is 1.64. The molecule has 0 bridgehead atoms. The third-order valence-electron chi connectivity index (χ3n) is 6.67. The molecule has 2 saturated heterocycles. The van der Waals surface area contributed by atoms with Crippen LogP contribution in [0.25, 0.3) is 0 Å². The van der Waals surface area contributed by atoms with Crippen molar-refractivity contribution in [3.05, 3.63) is 108 Å². The van der Waals surface area contributed by atoms with Crippen LogP contribution in [0.2, 0.25) is 0 Å². The van der Waals surface area contributed by atoms with Crippen molar-refractivity contribution in [2.75, 3.05) is 0 Å². The molecule has 2 aliphatic rings. The van der Waals surface area contributed by atoms with Gasteiger partial charge in [0.1, 0.15) is 17.5 Å². The van der Waals surface area contributed by atoms with Gasteiger partial charge in [-0.1, -0.05) is 91.0 Å². The van der Waals surface area contributed by atoms with E-state index in [1.807, 2.05) is 68.4 Å². The molecule has 3 aromatic carbocycles.